The predicted octanol–water partition coefficient (Wildman–Crippen LogP) is 2.27. The highest BCUT2D eigenvalue weighted by molar-refractivity contribution is 5.83. The fourth-order valence-electron chi connectivity index (χ4n) is 2.99. The topological polar surface area (TPSA) is 66.0 Å². The van der Waals surface area contributed by atoms with Crippen LogP contribution in [0.2, 0.25) is 0 Å². The largest absolute Gasteiger partial charge is 0.490 e. The Labute approximate surface area is 157 Å². The van der Waals surface area contributed by atoms with E-state index in [1.165, 1.54) is 0 Å². The van der Waals surface area contributed by atoms with Crippen LogP contribution in [-0.2, 0) is 4.79 Å². The zero-order valence-corrected chi connectivity index (χ0v) is 16.4. The van der Waals surface area contributed by atoms with E-state index in [1.807, 2.05) is 44.2 Å². The Morgan fingerprint density at radius 1 is 1.27 bits per heavy atom. The molecule has 2 N–H and O–H groups in total. The number of nitrogens with one attached hydrogen (secondary N) is 2. The number of likely N-dealkylation sites (tertiary alicyclic amines) is 1. The Hall–Kier alpha value is -2.24. The van der Waals surface area contributed by atoms with Crippen LogP contribution in [0.4, 0.5) is 0 Å². The second kappa shape index (κ2) is 9.46. The standard InChI is InChI=1S/C20H32N4O2/c1-5-22-19(23-15-20(2,3)18(25)21-4)24-13-11-17(12-14-24)26-16-9-7-6-8-10-16/h6-10,17H,5,11-15H2,1-4H3,(H,21,25)(H,22,23). The number of hydrogen-bond acceptors (Lipinski definition) is 3. The third-order valence-corrected chi connectivity index (χ3v) is 4.59. The number of amides is 1. The van der Waals surface area contributed by atoms with Gasteiger partial charge in [0.15, 0.2) is 5.96 Å². The molecule has 1 aromatic rings. The van der Waals surface area contributed by atoms with Crippen LogP contribution in [0.25, 0.3) is 0 Å². The van der Waals surface area contributed by atoms with Crippen LogP contribution in [0.3, 0.4) is 0 Å². The highest BCUT2D eigenvalue weighted by atomic mass is 16.5. The van der Waals surface area contributed by atoms with Gasteiger partial charge in [-0.15, -0.1) is 0 Å². The van der Waals surface area contributed by atoms with Crippen molar-refractivity contribution in [3.8, 4) is 5.75 Å². The number of para-hydroxylation sites is 1. The molecule has 1 aromatic carbocycles. The lowest BCUT2D eigenvalue weighted by molar-refractivity contribution is -0.128. The highest BCUT2D eigenvalue weighted by Gasteiger charge is 2.28. The molecule has 26 heavy (non-hydrogen) atoms. The van der Waals surface area contributed by atoms with E-state index >= 15 is 0 Å². The van der Waals surface area contributed by atoms with Crippen LogP contribution in [0.15, 0.2) is 35.3 Å². The number of nitrogens with zero attached hydrogens (tertiary/aromatic N) is 2. The summed E-state index contributed by atoms with van der Waals surface area (Å²) in [6, 6.07) is 9.98. The maximum atomic E-state index is 12.0. The number of guanidine groups is 1. The van der Waals surface area contributed by atoms with Gasteiger partial charge in [0.1, 0.15) is 11.9 Å². The van der Waals surface area contributed by atoms with Crippen LogP contribution in [0, 0.1) is 5.41 Å². The van der Waals surface area contributed by atoms with Crippen molar-refractivity contribution in [2.24, 2.45) is 10.4 Å². The number of rotatable bonds is 6. The molecule has 0 spiro atoms. The van der Waals surface area contributed by atoms with Crippen LogP contribution in [0.5, 0.6) is 5.75 Å². The molecule has 0 aromatic heterocycles. The summed E-state index contributed by atoms with van der Waals surface area (Å²) in [5, 5.41) is 6.06. The Kier molecular flexibility index (Phi) is 7.30. The fourth-order valence-corrected chi connectivity index (χ4v) is 2.99. The molecule has 0 bridgehead atoms. The third kappa shape index (κ3) is 5.64. The lowest BCUT2D eigenvalue weighted by atomic mass is 9.93. The Balaban J connectivity index is 1.92. The Morgan fingerprint density at radius 2 is 1.92 bits per heavy atom. The smallest absolute Gasteiger partial charge is 0.227 e. The number of carbonyl (C=O) groups is 1. The van der Waals surface area contributed by atoms with Crippen LogP contribution in [-0.4, -0.2) is 56.1 Å². The summed E-state index contributed by atoms with van der Waals surface area (Å²) < 4.78 is 6.06. The summed E-state index contributed by atoms with van der Waals surface area (Å²) in [4.78, 5) is 18.9. The van der Waals surface area contributed by atoms with Gasteiger partial charge in [-0.1, -0.05) is 18.2 Å². The maximum absolute atomic E-state index is 12.0. The van der Waals surface area contributed by atoms with Crippen molar-refractivity contribution in [3.63, 3.8) is 0 Å². The minimum atomic E-state index is -0.524. The van der Waals surface area contributed by atoms with Crippen molar-refractivity contribution in [1.82, 2.24) is 15.5 Å². The summed E-state index contributed by atoms with van der Waals surface area (Å²) >= 11 is 0. The average Bonchev–Trinajstić information content (AvgIpc) is 2.66. The first-order chi connectivity index (χ1) is 12.5. The van der Waals surface area contributed by atoms with E-state index in [0.717, 1.165) is 44.2 Å². The van der Waals surface area contributed by atoms with E-state index in [-0.39, 0.29) is 12.0 Å². The number of piperidine rings is 1. The van der Waals surface area contributed by atoms with Crippen LogP contribution in [0.1, 0.15) is 33.6 Å². The molecule has 1 saturated heterocycles. The van der Waals surface area contributed by atoms with Gasteiger partial charge in [-0.05, 0) is 32.9 Å². The predicted molar refractivity (Wildman–Crippen MR) is 105 cm³/mol. The van der Waals surface area contributed by atoms with Gasteiger partial charge in [0.2, 0.25) is 5.91 Å². The molecule has 1 heterocycles. The van der Waals surface area contributed by atoms with Crippen molar-refractivity contribution < 1.29 is 9.53 Å². The molecule has 1 amide bonds. The van der Waals surface area contributed by atoms with Gasteiger partial charge in [-0.25, -0.2) is 0 Å². The zero-order valence-electron chi connectivity index (χ0n) is 16.4. The first kappa shape index (κ1) is 20.1. The molecule has 6 nitrogen and oxygen atoms in total. The monoisotopic (exact) mass is 360 g/mol. The summed E-state index contributed by atoms with van der Waals surface area (Å²) in [5.41, 5.74) is -0.524. The molecule has 0 atom stereocenters. The minimum Gasteiger partial charge on any atom is -0.490 e. The second-order valence-corrected chi connectivity index (χ2v) is 7.25. The number of carbonyl (C=O) groups excluding carboxylic acids is 1. The van der Waals surface area contributed by atoms with Crippen molar-refractivity contribution in [3.05, 3.63) is 30.3 Å². The van der Waals surface area contributed by atoms with Gasteiger partial charge in [-0.2, -0.15) is 0 Å². The fraction of sp³-hybridized carbons (Fsp3) is 0.600. The van der Waals surface area contributed by atoms with Crippen molar-refractivity contribution in [2.75, 3.05) is 33.2 Å². The number of benzene rings is 1. The molecule has 1 aliphatic heterocycles. The van der Waals surface area contributed by atoms with Gasteiger partial charge in [0.25, 0.3) is 0 Å². The number of hydrogen-bond donors (Lipinski definition) is 2. The number of ether oxygens (including phenoxy) is 1. The SMILES string of the molecule is CCNC(=NCC(C)(C)C(=O)NC)N1CCC(Oc2ccccc2)CC1. The van der Waals surface area contributed by atoms with Crippen molar-refractivity contribution in [2.45, 2.75) is 39.7 Å². The first-order valence-corrected chi connectivity index (χ1v) is 9.43. The summed E-state index contributed by atoms with van der Waals surface area (Å²) in [6.45, 7) is 8.94. The minimum absolute atomic E-state index is 0.00654. The summed E-state index contributed by atoms with van der Waals surface area (Å²) in [6.07, 6.45) is 2.15. The van der Waals surface area contributed by atoms with Gasteiger partial charge >= 0.3 is 0 Å². The van der Waals surface area contributed by atoms with Crippen LogP contribution >= 0.6 is 0 Å². The maximum Gasteiger partial charge on any atom is 0.227 e. The molecule has 144 valence electrons. The molecule has 6 heteroatoms. The van der Waals surface area contributed by atoms with Gasteiger partial charge < -0.3 is 20.3 Å². The Bertz CT molecular complexity index is 593. The van der Waals surface area contributed by atoms with E-state index in [9.17, 15) is 4.79 Å². The van der Waals surface area contributed by atoms with Crippen molar-refractivity contribution in [1.29, 1.82) is 0 Å². The molecule has 0 aliphatic carbocycles. The van der Waals surface area contributed by atoms with E-state index < -0.39 is 5.41 Å². The normalized spacial score (nSPS) is 16.3. The van der Waals surface area contributed by atoms with Crippen LogP contribution < -0.4 is 15.4 Å². The molecule has 1 aliphatic rings. The molecule has 1 fully saturated rings. The van der Waals surface area contributed by atoms with E-state index in [0.29, 0.717) is 6.54 Å². The average molecular weight is 361 g/mol. The van der Waals surface area contributed by atoms with E-state index in [4.69, 9.17) is 9.73 Å². The summed E-state index contributed by atoms with van der Waals surface area (Å²) in [7, 11) is 1.66. The van der Waals surface area contributed by atoms with Gasteiger partial charge in [0.05, 0.1) is 12.0 Å². The molecule has 0 radical (unpaired) electrons. The molecular weight excluding hydrogens is 328 g/mol. The molecule has 0 saturated carbocycles. The van der Waals surface area contributed by atoms with Gasteiger partial charge in [-0.3, -0.25) is 9.79 Å². The van der Waals surface area contributed by atoms with Gasteiger partial charge in [0, 0.05) is 39.5 Å². The number of aliphatic imine (C=N–C) groups is 1. The van der Waals surface area contributed by atoms with E-state index in [1.54, 1.807) is 7.05 Å². The Morgan fingerprint density at radius 3 is 2.50 bits per heavy atom. The lowest BCUT2D eigenvalue weighted by Crippen LogP contribution is -2.48. The first-order valence-electron chi connectivity index (χ1n) is 9.43. The highest BCUT2D eigenvalue weighted by Crippen LogP contribution is 2.20. The third-order valence-electron chi connectivity index (χ3n) is 4.59. The second-order valence-electron chi connectivity index (χ2n) is 7.25. The lowest BCUT2D eigenvalue weighted by Gasteiger charge is -2.34. The zero-order chi connectivity index (χ0) is 19.0. The van der Waals surface area contributed by atoms with E-state index in [2.05, 4.69) is 22.5 Å². The quantitative estimate of drug-likeness (QED) is 0.603. The molecule has 2 rings (SSSR count). The molecular formula is C20H32N4O2. The van der Waals surface area contributed by atoms with Crippen molar-refractivity contribution >= 4 is 11.9 Å². The summed E-state index contributed by atoms with van der Waals surface area (Å²) in [5.74, 6) is 1.81. The molecule has 0 unspecified atom stereocenters.